The van der Waals surface area contributed by atoms with Crippen LogP contribution in [0.3, 0.4) is 0 Å². The minimum absolute atomic E-state index is 0.136. The minimum Gasteiger partial charge on any atom is -0.399 e. The molecule has 1 aliphatic heterocycles. The quantitative estimate of drug-likeness (QED) is 0.0321. The molecule has 0 radical (unpaired) electrons. The average Bonchev–Trinajstić information content (AvgIpc) is 1.58. The van der Waals surface area contributed by atoms with E-state index in [9.17, 15) is 29.1 Å². The molecule has 1 aliphatic rings. The van der Waals surface area contributed by atoms with Crippen molar-refractivity contribution in [2.24, 2.45) is 4.99 Å². The van der Waals surface area contributed by atoms with Gasteiger partial charge in [0.2, 0.25) is 6.08 Å². The molecule has 0 bridgehead atoms. The van der Waals surface area contributed by atoms with Gasteiger partial charge < -0.3 is 10.8 Å². The molecule has 10 nitrogen and oxygen atoms in total. The highest BCUT2D eigenvalue weighted by molar-refractivity contribution is 9.11. The molecule has 17 heteroatoms. The van der Waals surface area contributed by atoms with E-state index in [0.29, 0.717) is 28.7 Å². The number of halogens is 7. The summed E-state index contributed by atoms with van der Waals surface area (Å²) < 4.78 is 6.11. The number of ketones is 3. The van der Waals surface area contributed by atoms with Gasteiger partial charge in [-0.05, 0) is 218 Å². The first kappa shape index (κ1) is 81.7. The van der Waals surface area contributed by atoms with Gasteiger partial charge in [-0.1, -0.05) is 249 Å². The van der Waals surface area contributed by atoms with Gasteiger partial charge in [-0.25, -0.2) is 9.59 Å². The van der Waals surface area contributed by atoms with E-state index < -0.39 is 5.72 Å². The summed E-state index contributed by atoms with van der Waals surface area (Å²) in [6.45, 7) is 12.2. The lowest BCUT2D eigenvalue weighted by molar-refractivity contribution is 0.0654. The number of β-amino-alcohol motifs (C(OH)–C–C–N with tert-alkyl or cyclic N) is 1. The largest absolute Gasteiger partial charge is 0.399 e. The molecule has 1 heterocycles. The summed E-state index contributed by atoms with van der Waals surface area (Å²) in [6.07, 6.45) is 7.71. The number of isocyanates is 1. The number of nitrogen functional groups attached to an aromatic ring is 1. The Hall–Kier alpha value is -7.02. The van der Waals surface area contributed by atoms with Gasteiger partial charge in [0.05, 0.1) is 17.6 Å². The van der Waals surface area contributed by atoms with Crippen LogP contribution < -0.4 is 15.5 Å². The molecule has 3 N–H and O–H groups in total. The highest BCUT2D eigenvalue weighted by Gasteiger charge is 2.51. The van der Waals surface area contributed by atoms with Crippen LogP contribution in [0.2, 0.25) is 0 Å². The van der Waals surface area contributed by atoms with Gasteiger partial charge in [0.1, 0.15) is 0 Å². The van der Waals surface area contributed by atoms with Crippen molar-refractivity contribution in [2.45, 2.75) is 92.2 Å². The number of hydrogen-bond acceptors (Lipinski definition) is 8. The number of aliphatic imine (C=N–C) groups is 1. The molecule has 0 aromatic heterocycles. The smallest absolute Gasteiger partial charge is 0.331 e. The summed E-state index contributed by atoms with van der Waals surface area (Å²) in [6, 6.07) is 77.0. The van der Waals surface area contributed by atoms with Gasteiger partial charge in [-0.15, -0.1) is 0 Å². The number of aliphatic hydroxyl groups is 1. The fourth-order valence-electron chi connectivity index (χ4n) is 9.49. The van der Waals surface area contributed by atoms with E-state index in [4.69, 9.17) is 5.73 Å². The number of nitrogens with zero attached hydrogens (tertiary/aromatic N) is 3. The van der Waals surface area contributed by atoms with Crippen molar-refractivity contribution >= 4 is 164 Å². The average molecular weight is 1760 g/mol. The maximum atomic E-state index is 13.5. The third kappa shape index (κ3) is 27.6. The van der Waals surface area contributed by atoms with Crippen LogP contribution in [0.4, 0.5) is 27.5 Å². The zero-order valence-corrected chi connectivity index (χ0v) is 66.6. The number of anilines is 3. The molecule has 1 saturated heterocycles. The molecule has 0 aliphatic carbocycles. The summed E-state index contributed by atoms with van der Waals surface area (Å²) in [5, 5.41) is 12.3. The molecule has 98 heavy (non-hydrogen) atoms. The number of urea groups is 1. The van der Waals surface area contributed by atoms with Crippen molar-refractivity contribution in [3.05, 3.63) is 325 Å². The Kier molecular flexibility index (Phi) is 36.2. The Morgan fingerprint density at radius 3 is 1.29 bits per heavy atom. The van der Waals surface area contributed by atoms with Crippen molar-refractivity contribution in [2.75, 3.05) is 27.4 Å². The van der Waals surface area contributed by atoms with E-state index in [1.807, 2.05) is 194 Å². The third-order valence-electron chi connectivity index (χ3n) is 15.1. The Labute approximate surface area is 636 Å². The van der Waals surface area contributed by atoms with Crippen molar-refractivity contribution in [3.63, 3.8) is 0 Å². The van der Waals surface area contributed by atoms with Crippen molar-refractivity contribution in [1.82, 2.24) is 0 Å². The Balaban J connectivity index is 0.000000219. The van der Waals surface area contributed by atoms with Gasteiger partial charge in [-0.3, -0.25) is 24.2 Å². The number of hydrogen-bond donors (Lipinski definition) is 2. The molecule has 1 unspecified atom stereocenters. The molecule has 1 atom stereocenters. The monoisotopic (exact) mass is 1760 g/mol. The lowest BCUT2D eigenvalue weighted by Crippen LogP contribution is -2.44. The number of rotatable bonds is 16. The maximum absolute atomic E-state index is 13.5. The molecule has 0 saturated carbocycles. The summed E-state index contributed by atoms with van der Waals surface area (Å²) in [7, 11) is 0. The van der Waals surface area contributed by atoms with Gasteiger partial charge in [-0.2, -0.15) is 4.99 Å². The van der Waals surface area contributed by atoms with Crippen LogP contribution in [-0.2, 0) is 49.0 Å². The molecule has 10 aromatic carbocycles. The zero-order chi connectivity index (χ0) is 71.6. The molecule has 2 amide bonds. The van der Waals surface area contributed by atoms with Gasteiger partial charge in [0.25, 0.3) is 0 Å². The third-order valence-corrected chi connectivity index (χ3v) is 18.7. The first-order valence-electron chi connectivity index (χ1n) is 31.7. The van der Waals surface area contributed by atoms with Crippen molar-refractivity contribution < 1.29 is 29.1 Å². The lowest BCUT2D eigenvalue weighted by Gasteiger charge is -2.32. The van der Waals surface area contributed by atoms with E-state index >= 15 is 0 Å². The Morgan fingerprint density at radius 2 is 0.857 bits per heavy atom. The predicted molar refractivity (Wildman–Crippen MR) is 430 cm³/mol. The first-order chi connectivity index (χ1) is 47.1. The van der Waals surface area contributed by atoms with E-state index in [0.717, 1.165) is 94.5 Å². The van der Waals surface area contributed by atoms with E-state index in [-0.39, 0.29) is 29.9 Å². The highest BCUT2D eigenvalue weighted by atomic mass is 79.9. The second kappa shape index (κ2) is 43.5. The van der Waals surface area contributed by atoms with Crippen LogP contribution in [0.15, 0.2) is 274 Å². The topological polar surface area (TPSA) is 150 Å². The summed E-state index contributed by atoms with van der Waals surface area (Å²) in [5.41, 5.74) is 17.2. The number of Topliss-reactive ketones (excluding diaryl/α,β-unsaturated/α-hetero) is 3. The summed E-state index contributed by atoms with van der Waals surface area (Å²) >= 11 is 23.4. The lowest BCUT2D eigenvalue weighted by atomic mass is 9.98. The molecular weight excluding hydrogens is 1680 g/mol. The minimum atomic E-state index is -1.48. The number of nitrogens with two attached hydrogens (primary N) is 1. The van der Waals surface area contributed by atoms with Crippen LogP contribution in [-0.4, -0.2) is 46.4 Å². The fraction of sp³-hybridized carbons (Fsp3) is 0.198. The van der Waals surface area contributed by atoms with Gasteiger partial charge in [0, 0.05) is 72.6 Å². The molecule has 508 valence electrons. The van der Waals surface area contributed by atoms with Crippen LogP contribution in [0, 0.1) is 0 Å². The van der Waals surface area contributed by atoms with Crippen LogP contribution in [0.25, 0.3) is 0 Å². The standard InChI is InChI=1S/C23H20Br2N2O2.C17H17BrO.C10H11BrO.C10H12O.C8H9Br.C7H4BrNO.C6H6BrN/c1-2-16-4-3-5-17(14-16)23(29)15-26(20-10-6-18(24)7-11-20)22(28)27(23)21-12-8-19(25)9-13-21;1-2-13-4-3-5-15(12-13)17(19)11-8-14-6-9-16(18)10-7-14;1-2-8-4-3-5-9(6-8)10(12)7-11;1-3-9-5-4-6-10(7-9)8(2)11;1-2-7-4-3-5-8(9)6-7;8-6-1-3-7(4-2-6)9-5-10;7-5-1-3-6(8)4-2-5/h3-14,29H,2,15H2,1H3;3-7,9-10,12H,2,8,11H2,1H3;3-6H,2,7H2,1H3;4-7H,3H2,1-2H3;3-6H,2H2,1H3;1-4H;1-4H,8H2. The summed E-state index contributed by atoms with van der Waals surface area (Å²) in [5.74, 6) is 0.504. The molecular formula is C81H79Br7N4O6. The van der Waals surface area contributed by atoms with E-state index in [2.05, 4.69) is 188 Å². The number of carbonyl (C=O) groups excluding carboxylic acids is 5. The number of carbonyl (C=O) groups is 4. The van der Waals surface area contributed by atoms with Gasteiger partial charge in [0.15, 0.2) is 23.1 Å². The van der Waals surface area contributed by atoms with Crippen LogP contribution in [0.1, 0.15) is 118 Å². The van der Waals surface area contributed by atoms with E-state index in [1.165, 1.54) is 43.3 Å². The second-order valence-corrected chi connectivity index (χ2v) is 28.1. The Bertz CT molecular complexity index is 4170. The number of benzene rings is 10. The first-order valence-corrected chi connectivity index (χ1v) is 37.6. The van der Waals surface area contributed by atoms with E-state index in [1.54, 1.807) is 24.0 Å². The Morgan fingerprint density at radius 1 is 0.469 bits per heavy atom. The number of aryl methyl sites for hydroxylation is 6. The molecule has 10 aromatic rings. The second-order valence-electron chi connectivity index (χ2n) is 22.1. The number of alkyl halides is 1. The zero-order valence-electron chi connectivity index (χ0n) is 55.5. The van der Waals surface area contributed by atoms with Crippen molar-refractivity contribution in [1.29, 1.82) is 0 Å². The predicted octanol–water partition coefficient (Wildman–Crippen LogP) is 23.6. The summed E-state index contributed by atoms with van der Waals surface area (Å²) in [4.78, 5) is 64.1. The maximum Gasteiger partial charge on any atom is 0.331 e. The number of amides is 2. The van der Waals surface area contributed by atoms with Gasteiger partial charge >= 0.3 is 6.03 Å². The molecule has 0 spiro atoms. The normalized spacial score (nSPS) is 12.4. The van der Waals surface area contributed by atoms with Crippen molar-refractivity contribution in [3.8, 4) is 0 Å². The molecule has 11 rings (SSSR count). The SMILES string of the molecule is CCc1cccc(Br)c1.CCc1cccc(C(=O)CBr)c1.CCc1cccc(C(=O)CCc2ccc(Br)cc2)c1.CCc1cccc(C(C)=O)c1.CCc1cccc(C2(O)CN(c3ccc(Br)cc3)C(=O)N2c2ccc(Br)cc2)c1.Nc1ccc(Br)cc1.O=C=Nc1ccc(Br)cc1. The molecule has 1 fully saturated rings. The van der Waals surface area contributed by atoms with Crippen LogP contribution >= 0.6 is 112 Å². The highest BCUT2D eigenvalue weighted by Crippen LogP contribution is 2.41. The fourth-order valence-corrected chi connectivity index (χ4v) is 11.6. The van der Waals surface area contributed by atoms with Crippen LogP contribution in [0.5, 0.6) is 0 Å².